The van der Waals surface area contributed by atoms with Crippen molar-refractivity contribution in [2.24, 2.45) is 0 Å². The van der Waals surface area contributed by atoms with E-state index in [4.69, 9.17) is 0 Å². The highest BCUT2D eigenvalue weighted by atomic mass is 15.0. The molecule has 11 aromatic rings. The maximum atomic E-state index is 2.55. The van der Waals surface area contributed by atoms with Gasteiger partial charge in [0.1, 0.15) is 0 Å². The number of aromatic nitrogens is 2. The summed E-state index contributed by atoms with van der Waals surface area (Å²) >= 11 is 0. The summed E-state index contributed by atoms with van der Waals surface area (Å²) in [6.07, 6.45) is 0. The molecule has 0 unspecified atom stereocenters. The van der Waals surface area contributed by atoms with Gasteiger partial charge in [-0.1, -0.05) is 159 Å². The maximum absolute atomic E-state index is 2.55. The zero-order chi connectivity index (χ0) is 37.6. The Balaban J connectivity index is 1.14. The van der Waals surface area contributed by atoms with Crippen LogP contribution in [0.5, 0.6) is 0 Å². The molecule has 0 saturated carbocycles. The van der Waals surface area contributed by atoms with Crippen LogP contribution in [0.15, 0.2) is 182 Å². The number of para-hydroxylation sites is 3. The third kappa shape index (κ3) is 3.90. The summed E-state index contributed by atoms with van der Waals surface area (Å²) in [5.74, 6) is 0. The summed E-state index contributed by atoms with van der Waals surface area (Å²) in [6, 6.07) is 67.7. The van der Waals surface area contributed by atoms with Gasteiger partial charge in [0.2, 0.25) is 0 Å². The first-order chi connectivity index (χ1) is 28.1. The van der Waals surface area contributed by atoms with Crippen LogP contribution in [-0.2, 0) is 5.41 Å². The second-order valence-electron chi connectivity index (χ2n) is 16.4. The molecule has 0 saturated heterocycles. The molecule has 2 heterocycles. The van der Waals surface area contributed by atoms with E-state index in [1.54, 1.807) is 0 Å². The molecule has 0 aliphatic heterocycles. The van der Waals surface area contributed by atoms with E-state index in [9.17, 15) is 0 Å². The molecule has 0 N–H and O–H groups in total. The molecule has 2 aromatic heterocycles. The molecule has 57 heavy (non-hydrogen) atoms. The standard InChI is InChI=1S/C55H36N2/c1-55(2)45-24-11-8-19-42(45)49-50-43-20-9-12-25-46(43)56(53(50)51-44-21-10-13-26-47(44)57(54(51)52(49)55)34-15-4-3-5-16-34)35-29-27-33(28-30-35)36-31-32-41-38-18-7-6-17-37(38)40-23-14-22-39(36)48(40)41/h3-32H,1-2H3. The van der Waals surface area contributed by atoms with Crippen molar-refractivity contribution in [1.29, 1.82) is 0 Å². The highest BCUT2D eigenvalue weighted by Crippen LogP contribution is 2.58. The minimum atomic E-state index is -0.217. The van der Waals surface area contributed by atoms with E-state index in [-0.39, 0.29) is 5.41 Å². The Kier molecular flexibility index (Phi) is 6.00. The highest BCUT2D eigenvalue weighted by Gasteiger charge is 2.41. The van der Waals surface area contributed by atoms with Crippen LogP contribution in [0.1, 0.15) is 25.0 Å². The molecule has 0 atom stereocenters. The minimum absolute atomic E-state index is 0.217. The Labute approximate surface area is 330 Å². The molecule has 2 aliphatic rings. The monoisotopic (exact) mass is 724 g/mol. The van der Waals surface area contributed by atoms with Gasteiger partial charge < -0.3 is 9.13 Å². The van der Waals surface area contributed by atoms with Crippen molar-refractivity contribution < 1.29 is 0 Å². The molecule has 0 radical (unpaired) electrons. The number of rotatable bonds is 3. The van der Waals surface area contributed by atoms with Crippen LogP contribution in [0.3, 0.4) is 0 Å². The van der Waals surface area contributed by atoms with Crippen LogP contribution < -0.4 is 0 Å². The van der Waals surface area contributed by atoms with Crippen molar-refractivity contribution >= 4 is 54.4 Å². The van der Waals surface area contributed by atoms with Crippen molar-refractivity contribution in [3.63, 3.8) is 0 Å². The molecule has 2 nitrogen and oxygen atoms in total. The topological polar surface area (TPSA) is 9.86 Å². The third-order valence-corrected chi connectivity index (χ3v) is 13.2. The smallest absolute Gasteiger partial charge is 0.0647 e. The fourth-order valence-corrected chi connectivity index (χ4v) is 10.9. The minimum Gasteiger partial charge on any atom is -0.309 e. The Hall–Kier alpha value is -7.16. The molecular formula is C55H36N2. The van der Waals surface area contributed by atoms with Crippen LogP contribution in [-0.4, -0.2) is 9.13 Å². The van der Waals surface area contributed by atoms with E-state index in [1.807, 2.05) is 0 Å². The molecule has 0 fully saturated rings. The lowest BCUT2D eigenvalue weighted by Crippen LogP contribution is -2.16. The second-order valence-corrected chi connectivity index (χ2v) is 16.4. The Bertz CT molecular complexity index is 3490. The van der Waals surface area contributed by atoms with E-state index in [0.29, 0.717) is 0 Å². The zero-order valence-corrected chi connectivity index (χ0v) is 31.7. The largest absolute Gasteiger partial charge is 0.309 e. The van der Waals surface area contributed by atoms with Gasteiger partial charge in [-0.2, -0.15) is 0 Å². The summed E-state index contributed by atoms with van der Waals surface area (Å²) in [5.41, 5.74) is 20.4. The second kappa shape index (κ2) is 11.0. The lowest BCUT2D eigenvalue weighted by Gasteiger charge is -2.24. The number of hydrogen-bond acceptors (Lipinski definition) is 0. The van der Waals surface area contributed by atoms with Crippen molar-refractivity contribution in [3.8, 4) is 55.9 Å². The number of benzene rings is 9. The molecule has 266 valence electrons. The Morgan fingerprint density at radius 1 is 0.351 bits per heavy atom. The van der Waals surface area contributed by atoms with Gasteiger partial charge in [0.05, 0.1) is 22.1 Å². The summed E-state index contributed by atoms with van der Waals surface area (Å²) < 4.78 is 5.09. The van der Waals surface area contributed by atoms with Crippen molar-refractivity contribution in [2.45, 2.75) is 19.3 Å². The summed E-state index contributed by atoms with van der Waals surface area (Å²) in [7, 11) is 0. The number of fused-ring (bicyclic) bond motifs is 15. The SMILES string of the molecule is CC1(C)c2ccccc2-c2c1c1c(c3ccccc3n1-c1ccccc1)c1c2c2ccccc2n1-c1ccc(-c2ccc3c4c(cccc24)-c2ccccc2-3)cc1. The molecule has 9 aromatic carbocycles. The van der Waals surface area contributed by atoms with E-state index < -0.39 is 0 Å². The lowest BCUT2D eigenvalue weighted by atomic mass is 9.81. The van der Waals surface area contributed by atoms with Crippen LogP contribution in [0, 0.1) is 0 Å². The first kappa shape index (κ1) is 31.1. The first-order valence-electron chi connectivity index (χ1n) is 20.0. The van der Waals surface area contributed by atoms with Gasteiger partial charge in [-0.3, -0.25) is 0 Å². The maximum Gasteiger partial charge on any atom is 0.0647 e. The van der Waals surface area contributed by atoms with Gasteiger partial charge in [0.15, 0.2) is 0 Å². The predicted molar refractivity (Wildman–Crippen MR) is 240 cm³/mol. The van der Waals surface area contributed by atoms with Gasteiger partial charge in [-0.05, 0) is 103 Å². The van der Waals surface area contributed by atoms with Crippen LogP contribution in [0.4, 0.5) is 0 Å². The lowest BCUT2D eigenvalue weighted by molar-refractivity contribution is 0.664. The number of nitrogens with zero attached hydrogens (tertiary/aromatic N) is 2. The summed E-state index contributed by atoms with van der Waals surface area (Å²) in [4.78, 5) is 0. The van der Waals surface area contributed by atoms with E-state index in [0.717, 1.165) is 5.69 Å². The van der Waals surface area contributed by atoms with Gasteiger partial charge in [0, 0.05) is 38.3 Å². The summed E-state index contributed by atoms with van der Waals surface area (Å²) in [6.45, 7) is 4.85. The molecule has 13 rings (SSSR count). The van der Waals surface area contributed by atoms with Crippen molar-refractivity contribution in [1.82, 2.24) is 9.13 Å². The van der Waals surface area contributed by atoms with Crippen LogP contribution in [0.25, 0.3) is 110 Å². The highest BCUT2D eigenvalue weighted by molar-refractivity contribution is 6.32. The molecule has 2 heteroatoms. The normalized spacial score (nSPS) is 13.6. The van der Waals surface area contributed by atoms with E-state index >= 15 is 0 Å². The molecular weight excluding hydrogens is 689 g/mol. The van der Waals surface area contributed by atoms with Gasteiger partial charge in [-0.25, -0.2) is 0 Å². The Morgan fingerprint density at radius 3 is 1.61 bits per heavy atom. The molecule has 0 bridgehead atoms. The fourth-order valence-electron chi connectivity index (χ4n) is 10.9. The van der Waals surface area contributed by atoms with Gasteiger partial charge in [0.25, 0.3) is 0 Å². The van der Waals surface area contributed by atoms with Crippen molar-refractivity contribution in [2.75, 3.05) is 0 Å². The summed E-state index contributed by atoms with van der Waals surface area (Å²) in [5, 5.41) is 7.85. The Morgan fingerprint density at radius 2 is 0.877 bits per heavy atom. The third-order valence-electron chi connectivity index (χ3n) is 13.2. The molecule has 0 spiro atoms. The van der Waals surface area contributed by atoms with Gasteiger partial charge in [-0.15, -0.1) is 0 Å². The average molecular weight is 725 g/mol. The predicted octanol–water partition coefficient (Wildman–Crippen LogP) is 14.7. The fraction of sp³-hybridized carbons (Fsp3) is 0.0545. The van der Waals surface area contributed by atoms with Crippen LogP contribution >= 0.6 is 0 Å². The first-order valence-corrected chi connectivity index (χ1v) is 20.0. The average Bonchev–Trinajstić information content (AvgIpc) is 3.96. The van der Waals surface area contributed by atoms with E-state index in [2.05, 4.69) is 205 Å². The zero-order valence-electron chi connectivity index (χ0n) is 31.7. The van der Waals surface area contributed by atoms with E-state index in [1.165, 1.54) is 116 Å². The quantitative estimate of drug-likeness (QED) is 0.172. The number of hydrogen-bond donors (Lipinski definition) is 0. The van der Waals surface area contributed by atoms with Gasteiger partial charge >= 0.3 is 0 Å². The van der Waals surface area contributed by atoms with Crippen molar-refractivity contribution in [3.05, 3.63) is 193 Å². The molecule has 0 amide bonds. The molecule has 2 aliphatic carbocycles. The van der Waals surface area contributed by atoms with Crippen LogP contribution in [0.2, 0.25) is 0 Å².